The molecule has 0 aliphatic carbocycles. The minimum absolute atomic E-state index is 0.0240. The fourth-order valence-corrected chi connectivity index (χ4v) is 3.00. The minimum Gasteiger partial charge on any atom is -0.462 e. The van der Waals surface area contributed by atoms with E-state index in [1.54, 1.807) is 6.92 Å². The zero-order valence-corrected chi connectivity index (χ0v) is 15.9. The van der Waals surface area contributed by atoms with Gasteiger partial charge in [-0.15, -0.1) is 0 Å². The molecule has 0 spiro atoms. The summed E-state index contributed by atoms with van der Waals surface area (Å²) in [6, 6.07) is 17.7. The molecule has 0 unspecified atom stereocenters. The van der Waals surface area contributed by atoms with Crippen molar-refractivity contribution in [3.8, 4) is 0 Å². The monoisotopic (exact) mass is 392 g/mol. The molecule has 0 aromatic heterocycles. The smallest absolute Gasteiger partial charge is 0.338 e. The number of nitro benzene ring substituents is 1. The number of hydrogen-bond donors (Lipinski definition) is 1. The van der Waals surface area contributed by atoms with Crippen LogP contribution in [0.25, 0.3) is 10.8 Å². The van der Waals surface area contributed by atoms with Crippen molar-refractivity contribution in [2.24, 2.45) is 0 Å². The molecule has 0 saturated heterocycles. The van der Waals surface area contributed by atoms with Crippen LogP contribution in [0.15, 0.2) is 60.7 Å². The average molecular weight is 392 g/mol. The van der Waals surface area contributed by atoms with Crippen LogP contribution in [-0.2, 0) is 16.0 Å². The molecule has 1 amide bonds. The van der Waals surface area contributed by atoms with Gasteiger partial charge in [-0.1, -0.05) is 42.5 Å². The summed E-state index contributed by atoms with van der Waals surface area (Å²) in [6.07, 6.45) is 0.640. The molecule has 148 valence electrons. The highest BCUT2D eigenvalue weighted by Crippen LogP contribution is 2.26. The lowest BCUT2D eigenvalue weighted by molar-refractivity contribution is -0.383. The summed E-state index contributed by atoms with van der Waals surface area (Å²) in [5.74, 6) is -0.976. The number of hydrogen-bond acceptors (Lipinski definition) is 5. The van der Waals surface area contributed by atoms with Gasteiger partial charge in [-0.25, -0.2) is 4.79 Å². The highest BCUT2D eigenvalue weighted by Gasteiger charge is 2.19. The Morgan fingerprint density at radius 2 is 1.79 bits per heavy atom. The van der Waals surface area contributed by atoms with E-state index in [9.17, 15) is 19.7 Å². The lowest BCUT2D eigenvalue weighted by Crippen LogP contribution is -2.14. The van der Waals surface area contributed by atoms with Gasteiger partial charge in [0.2, 0.25) is 5.91 Å². The Kier molecular flexibility index (Phi) is 6.19. The van der Waals surface area contributed by atoms with Crippen molar-refractivity contribution in [3.63, 3.8) is 0 Å². The third-order valence-corrected chi connectivity index (χ3v) is 4.43. The predicted octanol–water partition coefficient (Wildman–Crippen LogP) is 4.50. The molecule has 29 heavy (non-hydrogen) atoms. The van der Waals surface area contributed by atoms with Crippen LogP contribution < -0.4 is 5.32 Å². The second-order valence-electron chi connectivity index (χ2n) is 6.44. The zero-order valence-electron chi connectivity index (χ0n) is 15.9. The van der Waals surface area contributed by atoms with Crippen molar-refractivity contribution in [2.75, 3.05) is 11.9 Å². The Hall–Kier alpha value is -3.74. The average Bonchev–Trinajstić information content (AvgIpc) is 2.72. The first kappa shape index (κ1) is 20.0. The Morgan fingerprint density at radius 1 is 1.03 bits per heavy atom. The van der Waals surface area contributed by atoms with Crippen molar-refractivity contribution in [1.82, 2.24) is 0 Å². The van der Waals surface area contributed by atoms with Crippen molar-refractivity contribution >= 4 is 34.0 Å². The molecule has 0 heterocycles. The van der Waals surface area contributed by atoms with E-state index in [0.717, 1.165) is 16.3 Å². The van der Waals surface area contributed by atoms with Gasteiger partial charge in [0, 0.05) is 12.5 Å². The molecule has 0 saturated carbocycles. The standard InChI is InChI=1S/C22H20N2O5/c1-2-29-22(26)18-10-11-20(24(27)28)19(14-18)23-21(25)12-8-15-7-9-16-5-3-4-6-17(16)13-15/h3-7,9-11,13-14H,2,8,12H2,1H3,(H,23,25). The molecule has 7 heteroatoms. The number of anilines is 1. The summed E-state index contributed by atoms with van der Waals surface area (Å²) in [5.41, 5.74) is 0.831. The van der Waals surface area contributed by atoms with Crippen LogP contribution in [-0.4, -0.2) is 23.4 Å². The topological polar surface area (TPSA) is 98.5 Å². The Bertz CT molecular complexity index is 1080. The summed E-state index contributed by atoms with van der Waals surface area (Å²) >= 11 is 0. The van der Waals surface area contributed by atoms with E-state index in [1.165, 1.54) is 18.2 Å². The lowest BCUT2D eigenvalue weighted by Gasteiger charge is -2.09. The number of esters is 1. The third kappa shape index (κ3) is 4.95. The number of fused-ring (bicyclic) bond motifs is 1. The van der Waals surface area contributed by atoms with Crippen LogP contribution in [0.3, 0.4) is 0 Å². The van der Waals surface area contributed by atoms with Crippen LogP contribution in [0, 0.1) is 10.1 Å². The first-order valence-corrected chi connectivity index (χ1v) is 9.21. The van der Waals surface area contributed by atoms with Crippen LogP contribution in [0.1, 0.15) is 29.3 Å². The van der Waals surface area contributed by atoms with Gasteiger partial charge < -0.3 is 10.1 Å². The lowest BCUT2D eigenvalue weighted by atomic mass is 10.0. The van der Waals surface area contributed by atoms with E-state index < -0.39 is 10.9 Å². The van der Waals surface area contributed by atoms with Gasteiger partial charge in [-0.3, -0.25) is 14.9 Å². The molecular formula is C22H20N2O5. The van der Waals surface area contributed by atoms with Crippen LogP contribution in [0.5, 0.6) is 0 Å². The minimum atomic E-state index is -0.603. The maximum atomic E-state index is 12.4. The molecule has 0 aliphatic heterocycles. The molecule has 7 nitrogen and oxygen atoms in total. The third-order valence-electron chi connectivity index (χ3n) is 4.43. The van der Waals surface area contributed by atoms with E-state index >= 15 is 0 Å². The first-order valence-electron chi connectivity index (χ1n) is 9.21. The number of aryl methyl sites for hydroxylation is 1. The van der Waals surface area contributed by atoms with Crippen LogP contribution >= 0.6 is 0 Å². The second kappa shape index (κ2) is 8.97. The van der Waals surface area contributed by atoms with Gasteiger partial charge >= 0.3 is 5.97 Å². The summed E-state index contributed by atoms with van der Waals surface area (Å²) in [6.45, 7) is 1.85. The molecule has 0 aliphatic rings. The zero-order chi connectivity index (χ0) is 20.8. The molecule has 0 fully saturated rings. The summed E-state index contributed by atoms with van der Waals surface area (Å²) < 4.78 is 4.91. The first-order chi connectivity index (χ1) is 14.0. The number of amides is 1. The molecule has 0 atom stereocenters. The molecule has 3 aromatic rings. The molecule has 1 N–H and O–H groups in total. The highest BCUT2D eigenvalue weighted by atomic mass is 16.6. The van der Waals surface area contributed by atoms with Crippen molar-refractivity contribution in [3.05, 3.63) is 81.9 Å². The number of ether oxygens (including phenoxy) is 1. The van der Waals surface area contributed by atoms with E-state index in [4.69, 9.17) is 4.74 Å². The Balaban J connectivity index is 1.72. The molecule has 0 radical (unpaired) electrons. The van der Waals surface area contributed by atoms with E-state index in [1.807, 2.05) is 42.5 Å². The number of nitrogens with one attached hydrogen (secondary N) is 1. The Morgan fingerprint density at radius 3 is 2.52 bits per heavy atom. The summed E-state index contributed by atoms with van der Waals surface area (Å²) in [4.78, 5) is 34.9. The number of nitrogens with zero attached hydrogens (tertiary/aromatic N) is 1. The predicted molar refractivity (Wildman–Crippen MR) is 110 cm³/mol. The molecular weight excluding hydrogens is 372 g/mol. The van der Waals surface area contributed by atoms with Gasteiger partial charge in [-0.2, -0.15) is 0 Å². The normalized spacial score (nSPS) is 10.5. The molecule has 0 bridgehead atoms. The fraction of sp³-hybridized carbons (Fsp3) is 0.182. The largest absolute Gasteiger partial charge is 0.462 e. The van der Waals surface area contributed by atoms with E-state index in [0.29, 0.717) is 6.42 Å². The number of benzene rings is 3. The summed E-state index contributed by atoms with van der Waals surface area (Å²) in [5, 5.41) is 16.0. The van der Waals surface area contributed by atoms with Gasteiger partial charge in [0.1, 0.15) is 5.69 Å². The fourth-order valence-electron chi connectivity index (χ4n) is 3.00. The SMILES string of the molecule is CCOC(=O)c1ccc([N+](=O)[O-])c(NC(=O)CCc2ccc3ccccc3c2)c1. The Labute approximate surface area is 167 Å². The van der Waals surface area contributed by atoms with Crippen molar-refractivity contribution in [1.29, 1.82) is 0 Å². The van der Waals surface area contributed by atoms with Gasteiger partial charge in [0.05, 0.1) is 17.1 Å². The number of nitro groups is 1. The van der Waals surface area contributed by atoms with Crippen LogP contribution in [0.2, 0.25) is 0 Å². The molecule has 3 rings (SSSR count). The van der Waals surface area contributed by atoms with E-state index in [2.05, 4.69) is 5.32 Å². The second-order valence-corrected chi connectivity index (χ2v) is 6.44. The molecule has 3 aromatic carbocycles. The number of rotatable bonds is 7. The van der Waals surface area contributed by atoms with Crippen molar-refractivity contribution < 1.29 is 19.2 Å². The maximum absolute atomic E-state index is 12.4. The van der Waals surface area contributed by atoms with Gasteiger partial charge in [-0.05, 0) is 41.8 Å². The van der Waals surface area contributed by atoms with Crippen molar-refractivity contribution in [2.45, 2.75) is 19.8 Å². The quantitative estimate of drug-likeness (QED) is 0.363. The number of carbonyl (C=O) groups is 2. The van der Waals surface area contributed by atoms with Gasteiger partial charge in [0.25, 0.3) is 5.69 Å². The van der Waals surface area contributed by atoms with Gasteiger partial charge in [0.15, 0.2) is 0 Å². The van der Waals surface area contributed by atoms with E-state index in [-0.39, 0.29) is 35.9 Å². The van der Waals surface area contributed by atoms with Crippen LogP contribution in [0.4, 0.5) is 11.4 Å². The number of carbonyl (C=O) groups excluding carboxylic acids is 2. The maximum Gasteiger partial charge on any atom is 0.338 e. The highest BCUT2D eigenvalue weighted by molar-refractivity contribution is 5.97. The summed E-state index contributed by atoms with van der Waals surface area (Å²) in [7, 11) is 0.